The maximum Gasteiger partial charge on any atom is 0.322 e. The van der Waals surface area contributed by atoms with E-state index in [0.29, 0.717) is 31.1 Å². The second kappa shape index (κ2) is 11.2. The van der Waals surface area contributed by atoms with Crippen LogP contribution in [0.2, 0.25) is 0 Å². The molecule has 0 fully saturated rings. The molecule has 0 unspecified atom stereocenters. The fourth-order valence-corrected chi connectivity index (χ4v) is 3.39. The molecule has 1 N–H and O–H groups in total. The third-order valence-corrected chi connectivity index (χ3v) is 5.00. The number of benzene rings is 2. The van der Waals surface area contributed by atoms with Crippen LogP contribution < -0.4 is 5.32 Å². The highest BCUT2D eigenvalue weighted by molar-refractivity contribution is 5.92. The van der Waals surface area contributed by atoms with Gasteiger partial charge in [-0.25, -0.2) is 4.79 Å². The average molecular weight is 434 g/mol. The van der Waals surface area contributed by atoms with Gasteiger partial charge in [-0.05, 0) is 42.7 Å². The topological polar surface area (TPSA) is 65.8 Å². The van der Waals surface area contributed by atoms with Crippen molar-refractivity contribution in [2.75, 3.05) is 18.4 Å². The molecule has 32 heavy (non-hydrogen) atoms. The standard InChI is InChI=1S/C26H31N3O3/c1-20(2)16-29(26(31)27-23-13-11-21(3)12-14-23)19-25(30)28(18-24-10-7-15-32-24)17-22-8-5-4-6-9-22/h4-15,20H,16-19H2,1-3H3,(H,27,31). The van der Waals surface area contributed by atoms with E-state index >= 15 is 0 Å². The van der Waals surface area contributed by atoms with Crippen molar-refractivity contribution in [3.8, 4) is 0 Å². The third kappa shape index (κ3) is 7.01. The normalized spacial score (nSPS) is 10.8. The van der Waals surface area contributed by atoms with Crippen molar-refractivity contribution < 1.29 is 14.0 Å². The van der Waals surface area contributed by atoms with Crippen molar-refractivity contribution in [2.24, 2.45) is 5.92 Å². The highest BCUT2D eigenvalue weighted by Crippen LogP contribution is 2.14. The molecule has 0 saturated carbocycles. The van der Waals surface area contributed by atoms with Crippen molar-refractivity contribution in [1.82, 2.24) is 9.80 Å². The number of nitrogens with zero attached hydrogens (tertiary/aromatic N) is 2. The van der Waals surface area contributed by atoms with Gasteiger partial charge in [0.1, 0.15) is 12.3 Å². The molecule has 168 valence electrons. The van der Waals surface area contributed by atoms with Crippen LogP contribution in [0.1, 0.15) is 30.7 Å². The number of hydrogen-bond acceptors (Lipinski definition) is 3. The predicted octanol–water partition coefficient (Wildman–Crippen LogP) is 5.31. The van der Waals surface area contributed by atoms with Crippen molar-refractivity contribution in [2.45, 2.75) is 33.9 Å². The van der Waals surface area contributed by atoms with E-state index < -0.39 is 0 Å². The van der Waals surface area contributed by atoms with E-state index in [2.05, 4.69) is 5.32 Å². The largest absolute Gasteiger partial charge is 0.467 e. The van der Waals surface area contributed by atoms with Crippen LogP contribution in [0.15, 0.2) is 77.4 Å². The number of nitrogens with one attached hydrogen (secondary N) is 1. The SMILES string of the molecule is Cc1ccc(NC(=O)N(CC(=O)N(Cc2ccccc2)Cc2ccco2)CC(C)C)cc1. The minimum atomic E-state index is -0.284. The molecule has 1 heterocycles. The Morgan fingerprint density at radius 3 is 2.25 bits per heavy atom. The van der Waals surface area contributed by atoms with Crippen LogP contribution in [0.3, 0.4) is 0 Å². The highest BCUT2D eigenvalue weighted by Gasteiger charge is 2.23. The first-order chi connectivity index (χ1) is 15.4. The zero-order valence-corrected chi connectivity index (χ0v) is 19.0. The lowest BCUT2D eigenvalue weighted by atomic mass is 10.2. The summed E-state index contributed by atoms with van der Waals surface area (Å²) in [6, 6.07) is 20.8. The molecule has 0 spiro atoms. The van der Waals surface area contributed by atoms with Crippen molar-refractivity contribution in [3.05, 3.63) is 89.9 Å². The molecule has 0 saturated heterocycles. The summed E-state index contributed by atoms with van der Waals surface area (Å²) < 4.78 is 5.47. The van der Waals surface area contributed by atoms with Crippen molar-refractivity contribution >= 4 is 17.6 Å². The molecule has 3 amide bonds. The Morgan fingerprint density at radius 2 is 1.62 bits per heavy atom. The molecule has 0 aliphatic carbocycles. The van der Waals surface area contributed by atoms with Crippen LogP contribution in [-0.4, -0.2) is 34.8 Å². The predicted molar refractivity (Wildman–Crippen MR) is 126 cm³/mol. The molecule has 0 aliphatic heterocycles. The fourth-order valence-electron chi connectivity index (χ4n) is 3.39. The number of furan rings is 1. The number of aryl methyl sites for hydroxylation is 1. The fraction of sp³-hybridized carbons (Fsp3) is 0.308. The molecule has 2 aromatic carbocycles. The average Bonchev–Trinajstić information content (AvgIpc) is 3.28. The summed E-state index contributed by atoms with van der Waals surface area (Å²) in [4.78, 5) is 29.6. The van der Waals surface area contributed by atoms with Crippen LogP contribution in [0, 0.1) is 12.8 Å². The van der Waals surface area contributed by atoms with Gasteiger partial charge in [0.05, 0.1) is 12.8 Å². The summed E-state index contributed by atoms with van der Waals surface area (Å²) in [6.45, 7) is 7.30. The first-order valence-corrected chi connectivity index (χ1v) is 10.9. The molecule has 0 aliphatic rings. The van der Waals surface area contributed by atoms with Gasteiger partial charge in [-0.15, -0.1) is 0 Å². The van der Waals surface area contributed by atoms with E-state index in [1.54, 1.807) is 22.1 Å². The van der Waals surface area contributed by atoms with Crippen LogP contribution in [0.25, 0.3) is 0 Å². The molecule has 3 aromatic rings. The number of urea groups is 1. The van der Waals surface area contributed by atoms with E-state index in [-0.39, 0.29) is 24.4 Å². The second-order valence-electron chi connectivity index (χ2n) is 8.39. The van der Waals surface area contributed by atoms with E-state index in [0.717, 1.165) is 11.1 Å². The molecule has 0 atom stereocenters. The summed E-state index contributed by atoms with van der Waals surface area (Å²) >= 11 is 0. The summed E-state index contributed by atoms with van der Waals surface area (Å²) in [5.74, 6) is 0.790. The minimum Gasteiger partial charge on any atom is -0.467 e. The number of carbonyl (C=O) groups excluding carboxylic acids is 2. The smallest absolute Gasteiger partial charge is 0.322 e. The van der Waals surface area contributed by atoms with Crippen LogP contribution in [0.4, 0.5) is 10.5 Å². The quantitative estimate of drug-likeness (QED) is 0.497. The van der Waals surface area contributed by atoms with Gasteiger partial charge in [0.15, 0.2) is 0 Å². The zero-order valence-electron chi connectivity index (χ0n) is 19.0. The lowest BCUT2D eigenvalue weighted by molar-refractivity contribution is -0.133. The van der Waals surface area contributed by atoms with Crippen LogP contribution >= 0.6 is 0 Å². The first kappa shape index (κ1) is 23.1. The lowest BCUT2D eigenvalue weighted by Crippen LogP contribution is -2.45. The Morgan fingerprint density at radius 1 is 0.906 bits per heavy atom. The van der Waals surface area contributed by atoms with Gasteiger partial charge in [0.25, 0.3) is 0 Å². The Balaban J connectivity index is 1.74. The number of rotatable bonds is 9. The Kier molecular flexibility index (Phi) is 8.08. The number of amides is 3. The van der Waals surface area contributed by atoms with E-state index in [9.17, 15) is 9.59 Å². The van der Waals surface area contributed by atoms with Gasteiger partial charge in [-0.1, -0.05) is 61.9 Å². The molecular formula is C26H31N3O3. The number of hydrogen-bond donors (Lipinski definition) is 1. The molecule has 6 nitrogen and oxygen atoms in total. The molecular weight excluding hydrogens is 402 g/mol. The van der Waals surface area contributed by atoms with Gasteiger partial charge >= 0.3 is 6.03 Å². The summed E-state index contributed by atoms with van der Waals surface area (Å²) in [6.07, 6.45) is 1.60. The number of anilines is 1. The monoisotopic (exact) mass is 433 g/mol. The van der Waals surface area contributed by atoms with Crippen LogP contribution in [-0.2, 0) is 17.9 Å². The first-order valence-electron chi connectivity index (χ1n) is 10.9. The van der Waals surface area contributed by atoms with Crippen molar-refractivity contribution in [3.63, 3.8) is 0 Å². The summed E-state index contributed by atoms with van der Waals surface area (Å²) in [5.41, 5.74) is 2.84. The molecule has 6 heteroatoms. The molecule has 0 radical (unpaired) electrons. The zero-order chi connectivity index (χ0) is 22.9. The van der Waals surface area contributed by atoms with Gasteiger partial charge in [-0.3, -0.25) is 4.79 Å². The van der Waals surface area contributed by atoms with Gasteiger partial charge in [-0.2, -0.15) is 0 Å². The summed E-state index contributed by atoms with van der Waals surface area (Å²) in [7, 11) is 0. The third-order valence-electron chi connectivity index (χ3n) is 5.00. The Labute approximate surface area is 189 Å². The molecule has 0 bridgehead atoms. The van der Waals surface area contributed by atoms with Gasteiger partial charge < -0.3 is 19.5 Å². The second-order valence-corrected chi connectivity index (χ2v) is 8.39. The lowest BCUT2D eigenvalue weighted by Gasteiger charge is -2.28. The van der Waals surface area contributed by atoms with Gasteiger partial charge in [0, 0.05) is 18.8 Å². The maximum absolute atomic E-state index is 13.3. The summed E-state index contributed by atoms with van der Waals surface area (Å²) in [5, 5.41) is 2.91. The molecule has 3 rings (SSSR count). The van der Waals surface area contributed by atoms with Crippen molar-refractivity contribution in [1.29, 1.82) is 0 Å². The minimum absolute atomic E-state index is 0.0105. The van der Waals surface area contributed by atoms with Gasteiger partial charge in [0.2, 0.25) is 5.91 Å². The molecule has 1 aromatic heterocycles. The highest BCUT2D eigenvalue weighted by atomic mass is 16.3. The number of carbonyl (C=O) groups is 2. The Bertz CT molecular complexity index is 983. The van der Waals surface area contributed by atoms with E-state index in [1.807, 2.05) is 81.4 Å². The Hall–Kier alpha value is -3.54. The maximum atomic E-state index is 13.3. The van der Waals surface area contributed by atoms with E-state index in [1.165, 1.54) is 0 Å². The van der Waals surface area contributed by atoms with E-state index in [4.69, 9.17) is 4.42 Å². The van der Waals surface area contributed by atoms with Crippen LogP contribution in [0.5, 0.6) is 0 Å².